The summed E-state index contributed by atoms with van der Waals surface area (Å²) >= 11 is 0. The molecule has 0 heterocycles. The van der Waals surface area contributed by atoms with E-state index in [0.29, 0.717) is 22.3 Å². The van der Waals surface area contributed by atoms with Crippen molar-refractivity contribution in [2.45, 2.75) is 0 Å². The second-order valence-electron chi connectivity index (χ2n) is 5.43. The van der Waals surface area contributed by atoms with Crippen molar-refractivity contribution in [3.63, 3.8) is 0 Å². The van der Waals surface area contributed by atoms with E-state index in [0.717, 1.165) is 0 Å². The van der Waals surface area contributed by atoms with E-state index in [2.05, 4.69) is 24.3 Å². The predicted octanol–water partition coefficient (Wildman–Crippen LogP) is 4.51. The van der Waals surface area contributed by atoms with Crippen LogP contribution in [0.4, 0.5) is 0 Å². The van der Waals surface area contributed by atoms with Gasteiger partial charge < -0.3 is 0 Å². The molecular weight excluding hydrogens is 320 g/mol. The van der Waals surface area contributed by atoms with E-state index in [1.165, 1.54) is 0 Å². The average Bonchev–Trinajstić information content (AvgIpc) is 2.72. The van der Waals surface area contributed by atoms with Crippen LogP contribution in [0.15, 0.2) is 60.7 Å². The molecule has 3 aromatic carbocycles. The van der Waals surface area contributed by atoms with E-state index in [1.54, 1.807) is 48.5 Å². The van der Waals surface area contributed by atoms with Crippen LogP contribution in [-0.4, -0.2) is 0 Å². The van der Waals surface area contributed by atoms with E-state index in [-0.39, 0.29) is 22.3 Å². The number of benzene rings is 3. The zero-order valence-corrected chi connectivity index (χ0v) is 13.6. The van der Waals surface area contributed by atoms with Gasteiger partial charge in [-0.2, -0.15) is 21.0 Å². The SMILES string of the molecule is N#Cc1c(C#N)c(-c2ccccc2)c(C#N)c(C#N)c1-c1ccccc1. The Balaban J connectivity index is 2.57. The first-order chi connectivity index (χ1) is 12.8. The Bertz CT molecular complexity index is 1000. The van der Waals surface area contributed by atoms with Crippen LogP contribution in [0.5, 0.6) is 0 Å². The van der Waals surface area contributed by atoms with Crippen LogP contribution in [0.1, 0.15) is 22.3 Å². The third-order valence-corrected chi connectivity index (χ3v) is 4.07. The second-order valence-corrected chi connectivity index (χ2v) is 5.43. The fourth-order valence-corrected chi connectivity index (χ4v) is 2.98. The summed E-state index contributed by atoms with van der Waals surface area (Å²) in [6.07, 6.45) is 0. The Labute approximate surface area is 151 Å². The van der Waals surface area contributed by atoms with Crippen LogP contribution in [-0.2, 0) is 0 Å². The largest absolute Gasteiger partial charge is 0.192 e. The average molecular weight is 330 g/mol. The van der Waals surface area contributed by atoms with Gasteiger partial charge in [0, 0.05) is 11.1 Å². The highest BCUT2D eigenvalue weighted by Gasteiger charge is 2.25. The summed E-state index contributed by atoms with van der Waals surface area (Å²) in [7, 11) is 0. The van der Waals surface area contributed by atoms with E-state index in [1.807, 2.05) is 12.1 Å². The summed E-state index contributed by atoms with van der Waals surface area (Å²) in [6, 6.07) is 26.0. The van der Waals surface area contributed by atoms with Crippen molar-refractivity contribution in [2.24, 2.45) is 0 Å². The van der Waals surface area contributed by atoms with Gasteiger partial charge >= 0.3 is 0 Å². The van der Waals surface area contributed by atoms with Crippen LogP contribution in [0, 0.1) is 45.3 Å². The minimum absolute atomic E-state index is 0.105. The third kappa shape index (κ3) is 2.55. The van der Waals surface area contributed by atoms with Crippen LogP contribution in [0.3, 0.4) is 0 Å². The van der Waals surface area contributed by atoms with Gasteiger partial charge in [-0.05, 0) is 11.1 Å². The molecule has 0 saturated carbocycles. The Kier molecular flexibility index (Phi) is 4.45. The Morgan fingerprint density at radius 3 is 0.923 bits per heavy atom. The minimum Gasteiger partial charge on any atom is -0.192 e. The van der Waals surface area contributed by atoms with Gasteiger partial charge in [0.15, 0.2) is 0 Å². The molecule has 118 valence electrons. The van der Waals surface area contributed by atoms with Gasteiger partial charge in [0.05, 0.1) is 22.3 Å². The monoisotopic (exact) mass is 330 g/mol. The van der Waals surface area contributed by atoms with Gasteiger partial charge in [0.1, 0.15) is 24.3 Å². The van der Waals surface area contributed by atoms with Gasteiger partial charge in [-0.1, -0.05) is 60.7 Å². The molecular formula is C22H10N4. The van der Waals surface area contributed by atoms with Gasteiger partial charge in [-0.25, -0.2) is 0 Å². The van der Waals surface area contributed by atoms with E-state index in [4.69, 9.17) is 0 Å². The maximum absolute atomic E-state index is 9.75. The normalized spacial score (nSPS) is 9.38. The number of hydrogen-bond acceptors (Lipinski definition) is 4. The van der Waals surface area contributed by atoms with Gasteiger partial charge in [0.25, 0.3) is 0 Å². The molecule has 26 heavy (non-hydrogen) atoms. The summed E-state index contributed by atoms with van der Waals surface area (Å²) in [5.41, 5.74) is 2.30. The molecule has 3 rings (SSSR count). The van der Waals surface area contributed by atoms with Crippen LogP contribution in [0.25, 0.3) is 22.3 Å². The maximum atomic E-state index is 9.75. The molecule has 0 spiro atoms. The third-order valence-electron chi connectivity index (χ3n) is 4.07. The Morgan fingerprint density at radius 2 is 0.692 bits per heavy atom. The van der Waals surface area contributed by atoms with Crippen LogP contribution < -0.4 is 0 Å². The standard InChI is InChI=1S/C22H10N4/c23-11-17-19(13-25)22(16-9-5-2-6-10-16)20(14-26)18(12-24)21(17)15-7-3-1-4-8-15/h1-10H. The van der Waals surface area contributed by atoms with E-state index < -0.39 is 0 Å². The molecule has 0 aliphatic rings. The van der Waals surface area contributed by atoms with E-state index in [9.17, 15) is 21.0 Å². The summed E-state index contributed by atoms with van der Waals surface area (Å²) < 4.78 is 0. The first kappa shape index (κ1) is 16.5. The lowest BCUT2D eigenvalue weighted by Crippen LogP contribution is -2.02. The topological polar surface area (TPSA) is 95.2 Å². The van der Waals surface area contributed by atoms with Crippen LogP contribution in [0.2, 0.25) is 0 Å². The minimum atomic E-state index is 0.105. The summed E-state index contributed by atoms with van der Waals surface area (Å²) in [5, 5.41) is 39.0. The molecule has 0 bridgehead atoms. The van der Waals surface area contributed by atoms with Gasteiger partial charge in [-0.15, -0.1) is 0 Å². The zero-order valence-electron chi connectivity index (χ0n) is 13.6. The predicted molar refractivity (Wildman–Crippen MR) is 96.2 cm³/mol. The molecule has 0 aliphatic heterocycles. The summed E-state index contributed by atoms with van der Waals surface area (Å²) in [5.74, 6) is 0. The zero-order chi connectivity index (χ0) is 18.5. The van der Waals surface area contributed by atoms with Crippen molar-refractivity contribution >= 4 is 0 Å². The second kappa shape index (κ2) is 7.02. The van der Waals surface area contributed by atoms with Gasteiger partial charge in [0.2, 0.25) is 0 Å². The van der Waals surface area contributed by atoms with Crippen molar-refractivity contribution in [1.29, 1.82) is 21.0 Å². The highest BCUT2D eigenvalue weighted by Crippen LogP contribution is 2.39. The number of nitrogens with zero attached hydrogens (tertiary/aromatic N) is 4. The lowest BCUT2D eigenvalue weighted by Gasteiger charge is -2.15. The number of rotatable bonds is 2. The van der Waals surface area contributed by atoms with Crippen molar-refractivity contribution in [1.82, 2.24) is 0 Å². The smallest absolute Gasteiger partial charge is 0.101 e. The molecule has 0 atom stereocenters. The molecule has 0 amide bonds. The Hall–Kier alpha value is -4.38. The van der Waals surface area contributed by atoms with Gasteiger partial charge in [-0.3, -0.25) is 0 Å². The fraction of sp³-hybridized carbons (Fsp3) is 0. The first-order valence-corrected chi connectivity index (χ1v) is 7.72. The molecule has 0 radical (unpaired) electrons. The summed E-state index contributed by atoms with van der Waals surface area (Å²) in [6.45, 7) is 0. The fourth-order valence-electron chi connectivity index (χ4n) is 2.98. The molecule has 0 aliphatic carbocycles. The first-order valence-electron chi connectivity index (χ1n) is 7.72. The molecule has 4 heteroatoms. The molecule has 0 fully saturated rings. The molecule has 0 aromatic heterocycles. The van der Waals surface area contributed by atoms with Crippen molar-refractivity contribution in [2.75, 3.05) is 0 Å². The quantitative estimate of drug-likeness (QED) is 0.690. The number of hydrogen-bond donors (Lipinski definition) is 0. The van der Waals surface area contributed by atoms with Crippen molar-refractivity contribution in [3.05, 3.63) is 82.9 Å². The molecule has 0 unspecified atom stereocenters. The lowest BCUT2D eigenvalue weighted by molar-refractivity contribution is 1.37. The maximum Gasteiger partial charge on any atom is 0.101 e. The van der Waals surface area contributed by atoms with Crippen molar-refractivity contribution in [3.8, 4) is 46.5 Å². The molecule has 3 aromatic rings. The summed E-state index contributed by atoms with van der Waals surface area (Å²) in [4.78, 5) is 0. The van der Waals surface area contributed by atoms with Crippen LogP contribution >= 0.6 is 0 Å². The van der Waals surface area contributed by atoms with E-state index >= 15 is 0 Å². The van der Waals surface area contributed by atoms with Crippen molar-refractivity contribution < 1.29 is 0 Å². The molecule has 0 saturated heterocycles. The highest BCUT2D eigenvalue weighted by atomic mass is 14.4. The lowest BCUT2D eigenvalue weighted by atomic mass is 9.83. The molecule has 4 nitrogen and oxygen atoms in total. The Morgan fingerprint density at radius 1 is 0.423 bits per heavy atom. The highest BCUT2D eigenvalue weighted by molar-refractivity contribution is 5.91. The number of nitriles is 4. The molecule has 0 N–H and O–H groups in total.